The van der Waals surface area contributed by atoms with E-state index in [1.165, 1.54) is 11.3 Å². The van der Waals surface area contributed by atoms with Crippen molar-refractivity contribution in [3.63, 3.8) is 0 Å². The zero-order valence-electron chi connectivity index (χ0n) is 12.4. The molecule has 0 bridgehead atoms. The van der Waals surface area contributed by atoms with Crippen LogP contribution in [0.2, 0.25) is 5.02 Å². The minimum absolute atomic E-state index is 0.296. The first-order valence-corrected chi connectivity index (χ1v) is 8.21. The summed E-state index contributed by atoms with van der Waals surface area (Å²) in [5.41, 5.74) is 0.452. The van der Waals surface area contributed by atoms with Crippen LogP contribution in [0.3, 0.4) is 0 Å². The van der Waals surface area contributed by atoms with Gasteiger partial charge in [0.15, 0.2) is 5.01 Å². The smallest absolute Gasteiger partial charge is 0.206 e. The van der Waals surface area contributed by atoms with Gasteiger partial charge in [0.25, 0.3) is 0 Å². The molecule has 1 atom stereocenters. The number of rotatable bonds is 5. The maximum Gasteiger partial charge on any atom is 0.206 e. The molecular formula is C16H15ClN4OS. The Hall–Kier alpha value is -2.02. The van der Waals surface area contributed by atoms with Gasteiger partial charge >= 0.3 is 0 Å². The molecule has 0 saturated carbocycles. The molecular weight excluding hydrogens is 332 g/mol. The summed E-state index contributed by atoms with van der Waals surface area (Å²) in [6, 6.07) is 12.8. The number of aromatic nitrogens is 3. The monoisotopic (exact) mass is 346 g/mol. The fourth-order valence-electron chi connectivity index (χ4n) is 2.06. The van der Waals surface area contributed by atoms with Crippen LogP contribution in [-0.2, 0) is 5.60 Å². The van der Waals surface area contributed by atoms with Crippen LogP contribution in [0, 0.1) is 0 Å². The predicted octanol–water partition coefficient (Wildman–Crippen LogP) is 3.57. The first-order valence-electron chi connectivity index (χ1n) is 7.02. The van der Waals surface area contributed by atoms with Crippen LogP contribution < -0.4 is 5.32 Å². The minimum Gasteiger partial charge on any atom is -0.384 e. The molecule has 1 aromatic carbocycles. The number of benzene rings is 1. The summed E-state index contributed by atoms with van der Waals surface area (Å²) in [5, 5.41) is 23.9. The van der Waals surface area contributed by atoms with Gasteiger partial charge in [0.1, 0.15) is 11.3 Å². The zero-order valence-corrected chi connectivity index (χ0v) is 14.0. The van der Waals surface area contributed by atoms with E-state index in [2.05, 4.69) is 20.5 Å². The van der Waals surface area contributed by atoms with E-state index in [9.17, 15) is 5.11 Å². The summed E-state index contributed by atoms with van der Waals surface area (Å²) in [6.07, 6.45) is 1.72. The summed E-state index contributed by atoms with van der Waals surface area (Å²) >= 11 is 7.37. The molecule has 2 heterocycles. The number of anilines is 1. The van der Waals surface area contributed by atoms with Crippen LogP contribution in [0.15, 0.2) is 48.7 Å². The molecule has 0 aliphatic heterocycles. The number of hydrogen-bond donors (Lipinski definition) is 2. The standard InChI is InChI=1S/C16H15ClN4OS/c1-16(22,11-5-4-6-12(17)9-11)10-19-15-21-20-14(23-15)13-7-2-3-8-18-13/h2-9,22H,10H2,1H3,(H,19,21). The van der Waals surface area contributed by atoms with Crippen molar-refractivity contribution in [1.82, 2.24) is 15.2 Å². The van der Waals surface area contributed by atoms with Gasteiger partial charge in [-0.1, -0.05) is 41.1 Å². The third-order valence-corrected chi connectivity index (χ3v) is 4.48. The van der Waals surface area contributed by atoms with Gasteiger partial charge in [-0.2, -0.15) is 0 Å². The number of halogens is 1. The molecule has 5 nitrogen and oxygen atoms in total. The van der Waals surface area contributed by atoms with Crippen LogP contribution >= 0.6 is 22.9 Å². The summed E-state index contributed by atoms with van der Waals surface area (Å²) in [7, 11) is 0. The molecule has 23 heavy (non-hydrogen) atoms. The summed E-state index contributed by atoms with van der Waals surface area (Å²) in [4.78, 5) is 4.24. The van der Waals surface area contributed by atoms with Crippen molar-refractivity contribution in [2.24, 2.45) is 0 Å². The Kier molecular flexibility index (Phi) is 4.56. The quantitative estimate of drug-likeness (QED) is 0.739. The molecule has 118 valence electrons. The molecule has 0 aliphatic rings. The van der Waals surface area contributed by atoms with Gasteiger partial charge in [0.2, 0.25) is 5.13 Å². The van der Waals surface area contributed by atoms with Crippen LogP contribution in [0.4, 0.5) is 5.13 Å². The predicted molar refractivity (Wildman–Crippen MR) is 92.7 cm³/mol. The number of pyridine rings is 1. The molecule has 2 N–H and O–H groups in total. The second-order valence-electron chi connectivity index (χ2n) is 5.27. The Labute approximate surface area is 143 Å². The average molecular weight is 347 g/mol. The van der Waals surface area contributed by atoms with E-state index in [-0.39, 0.29) is 0 Å². The third kappa shape index (κ3) is 3.85. The Bertz CT molecular complexity index is 792. The molecule has 0 saturated heterocycles. The van der Waals surface area contributed by atoms with Crippen molar-refractivity contribution >= 4 is 28.1 Å². The Morgan fingerprint density at radius 3 is 2.83 bits per heavy atom. The second kappa shape index (κ2) is 6.62. The van der Waals surface area contributed by atoms with Crippen LogP contribution in [0.1, 0.15) is 12.5 Å². The first kappa shape index (κ1) is 15.9. The molecule has 0 fully saturated rings. The van der Waals surface area contributed by atoms with Gasteiger partial charge in [-0.15, -0.1) is 10.2 Å². The maximum absolute atomic E-state index is 10.6. The van der Waals surface area contributed by atoms with Crippen molar-refractivity contribution in [2.45, 2.75) is 12.5 Å². The van der Waals surface area contributed by atoms with Crippen molar-refractivity contribution in [1.29, 1.82) is 0 Å². The fourth-order valence-corrected chi connectivity index (χ4v) is 2.97. The molecule has 1 unspecified atom stereocenters. The first-order chi connectivity index (χ1) is 11.0. The van der Waals surface area contributed by atoms with Crippen molar-refractivity contribution < 1.29 is 5.11 Å². The molecule has 0 amide bonds. The van der Waals surface area contributed by atoms with Gasteiger partial charge in [-0.05, 0) is 36.8 Å². The van der Waals surface area contributed by atoms with Crippen molar-refractivity contribution in [3.8, 4) is 10.7 Å². The maximum atomic E-state index is 10.6. The van der Waals surface area contributed by atoms with E-state index in [1.807, 2.05) is 30.3 Å². The largest absolute Gasteiger partial charge is 0.384 e. The lowest BCUT2D eigenvalue weighted by Crippen LogP contribution is -2.30. The molecule has 0 spiro atoms. The third-order valence-electron chi connectivity index (χ3n) is 3.34. The van der Waals surface area contributed by atoms with E-state index < -0.39 is 5.60 Å². The van der Waals surface area contributed by atoms with Crippen LogP contribution in [0.25, 0.3) is 10.7 Å². The van der Waals surface area contributed by atoms with E-state index in [0.29, 0.717) is 16.7 Å². The second-order valence-corrected chi connectivity index (χ2v) is 6.68. The highest BCUT2D eigenvalue weighted by molar-refractivity contribution is 7.18. The molecule has 3 aromatic rings. The number of nitrogens with zero attached hydrogens (tertiary/aromatic N) is 3. The lowest BCUT2D eigenvalue weighted by Gasteiger charge is -2.24. The highest BCUT2D eigenvalue weighted by Gasteiger charge is 2.23. The van der Waals surface area contributed by atoms with Gasteiger partial charge in [0.05, 0.1) is 0 Å². The van der Waals surface area contributed by atoms with Crippen LogP contribution in [-0.4, -0.2) is 26.8 Å². The summed E-state index contributed by atoms with van der Waals surface area (Å²) in [5.74, 6) is 0. The normalized spacial score (nSPS) is 13.5. The van der Waals surface area contributed by atoms with Crippen molar-refractivity contribution in [2.75, 3.05) is 11.9 Å². The van der Waals surface area contributed by atoms with E-state index >= 15 is 0 Å². The zero-order chi connectivity index (χ0) is 16.3. The molecule has 0 aliphatic carbocycles. The molecule has 7 heteroatoms. The SMILES string of the molecule is CC(O)(CNc1nnc(-c2ccccn2)s1)c1cccc(Cl)c1. The number of nitrogens with one attached hydrogen (secondary N) is 1. The van der Waals surface area contributed by atoms with Gasteiger partial charge in [-0.3, -0.25) is 4.98 Å². The number of hydrogen-bond acceptors (Lipinski definition) is 6. The minimum atomic E-state index is -1.07. The van der Waals surface area contributed by atoms with Crippen LogP contribution in [0.5, 0.6) is 0 Å². The Morgan fingerprint density at radius 2 is 2.09 bits per heavy atom. The lowest BCUT2D eigenvalue weighted by atomic mass is 9.96. The Morgan fingerprint density at radius 1 is 1.22 bits per heavy atom. The number of aliphatic hydroxyl groups is 1. The van der Waals surface area contributed by atoms with Gasteiger partial charge < -0.3 is 10.4 Å². The lowest BCUT2D eigenvalue weighted by molar-refractivity contribution is 0.0715. The topological polar surface area (TPSA) is 70.9 Å². The summed E-state index contributed by atoms with van der Waals surface area (Å²) in [6.45, 7) is 2.02. The molecule has 3 rings (SSSR count). The van der Waals surface area contributed by atoms with E-state index in [4.69, 9.17) is 11.6 Å². The fraction of sp³-hybridized carbons (Fsp3) is 0.188. The van der Waals surface area contributed by atoms with Crippen molar-refractivity contribution in [3.05, 3.63) is 59.2 Å². The highest BCUT2D eigenvalue weighted by Crippen LogP contribution is 2.27. The van der Waals surface area contributed by atoms with E-state index in [1.54, 1.807) is 25.3 Å². The summed E-state index contributed by atoms with van der Waals surface area (Å²) < 4.78 is 0. The van der Waals surface area contributed by atoms with Gasteiger partial charge in [0, 0.05) is 17.8 Å². The molecule has 2 aromatic heterocycles. The highest BCUT2D eigenvalue weighted by atomic mass is 35.5. The Balaban J connectivity index is 1.70. The molecule has 0 radical (unpaired) electrons. The van der Waals surface area contributed by atoms with E-state index in [0.717, 1.165) is 16.3 Å². The van der Waals surface area contributed by atoms with Gasteiger partial charge in [-0.25, -0.2) is 0 Å². The average Bonchev–Trinajstić information content (AvgIpc) is 3.03.